The molecule has 0 aromatic heterocycles. The smallest absolute Gasteiger partial charge is 0.220 e. The largest absolute Gasteiger partial charge is 0.394 e. The summed E-state index contributed by atoms with van der Waals surface area (Å²) in [4.78, 5) is 13.4. The van der Waals surface area contributed by atoms with Gasteiger partial charge in [-0.2, -0.15) is 0 Å². The second-order valence-corrected chi connectivity index (χ2v) is 26.0. The summed E-state index contributed by atoms with van der Waals surface area (Å²) in [6, 6.07) is -0.922. The molecular formula is C77H137NO13. The Balaban J connectivity index is 1.66. The van der Waals surface area contributed by atoms with Crippen molar-refractivity contribution < 1.29 is 64.6 Å². The molecule has 12 unspecified atom stereocenters. The van der Waals surface area contributed by atoms with Crippen LogP contribution in [0.1, 0.15) is 303 Å². The van der Waals surface area contributed by atoms with Crippen LogP contribution in [0.25, 0.3) is 0 Å². The summed E-state index contributed by atoms with van der Waals surface area (Å²) in [5.41, 5.74) is 0. The number of ether oxygens (including phenoxy) is 4. The van der Waals surface area contributed by atoms with E-state index in [0.717, 1.165) is 83.5 Å². The zero-order valence-corrected chi connectivity index (χ0v) is 57.6. The Kier molecular flexibility index (Phi) is 56.3. The lowest BCUT2D eigenvalue weighted by molar-refractivity contribution is -0.359. The third-order valence-electron chi connectivity index (χ3n) is 17.8. The number of aliphatic hydroxyl groups excluding tert-OH is 8. The van der Waals surface area contributed by atoms with Crippen molar-refractivity contribution in [3.8, 4) is 0 Å². The van der Waals surface area contributed by atoms with Crippen molar-refractivity contribution in [3.63, 3.8) is 0 Å². The summed E-state index contributed by atoms with van der Waals surface area (Å²) in [5.74, 6) is -0.241. The predicted molar refractivity (Wildman–Crippen MR) is 373 cm³/mol. The van der Waals surface area contributed by atoms with Crippen molar-refractivity contribution in [2.24, 2.45) is 0 Å². The van der Waals surface area contributed by atoms with Gasteiger partial charge >= 0.3 is 0 Å². The molecule has 0 spiro atoms. The Labute approximate surface area is 554 Å². The van der Waals surface area contributed by atoms with E-state index in [2.05, 4.69) is 92.1 Å². The minimum atomic E-state index is -1.79. The summed E-state index contributed by atoms with van der Waals surface area (Å²) < 4.78 is 22.9. The van der Waals surface area contributed by atoms with E-state index in [1.807, 2.05) is 6.08 Å². The Bertz CT molecular complexity index is 1850. The number of amides is 1. The Morgan fingerprint density at radius 1 is 0.407 bits per heavy atom. The van der Waals surface area contributed by atoms with Crippen LogP contribution >= 0.6 is 0 Å². The summed E-state index contributed by atoms with van der Waals surface area (Å²) in [5, 5.41) is 87.6. The van der Waals surface area contributed by atoms with E-state index in [4.69, 9.17) is 18.9 Å². The molecule has 9 N–H and O–H groups in total. The van der Waals surface area contributed by atoms with Crippen LogP contribution in [0.2, 0.25) is 0 Å². The molecule has 2 heterocycles. The van der Waals surface area contributed by atoms with Crippen LogP contribution in [0.4, 0.5) is 0 Å². The first-order valence-corrected chi connectivity index (χ1v) is 37.3. The van der Waals surface area contributed by atoms with Crippen LogP contribution in [0.5, 0.6) is 0 Å². The average molecular weight is 1280 g/mol. The molecular weight excluding hydrogens is 1150 g/mol. The fourth-order valence-corrected chi connectivity index (χ4v) is 11.9. The molecule has 14 nitrogen and oxygen atoms in total. The SMILES string of the molecule is CC/C=C\C/C=C\C/C=C\C/C=C\C/C=C\C/C=C\CCCCCCCCCCCCCCC(=O)NC(COC1OC(CO)C(OC2OC(CO)C(O)C(O)C2O)C(O)C1O)C(O)/C=C/CCCCCCCCCCCCCCCCCCCCCCCCCC. The molecule has 2 rings (SSSR count). The van der Waals surface area contributed by atoms with Gasteiger partial charge in [0.05, 0.1) is 32.0 Å². The van der Waals surface area contributed by atoms with Gasteiger partial charge in [0.2, 0.25) is 5.91 Å². The molecule has 0 saturated carbocycles. The maximum absolute atomic E-state index is 13.4. The van der Waals surface area contributed by atoms with E-state index in [-0.39, 0.29) is 18.9 Å². The summed E-state index contributed by atoms with van der Waals surface area (Å²) >= 11 is 0. The molecule has 91 heavy (non-hydrogen) atoms. The van der Waals surface area contributed by atoms with Gasteiger partial charge in [-0.05, 0) is 70.6 Å². The number of rotatable bonds is 61. The highest BCUT2D eigenvalue weighted by Crippen LogP contribution is 2.30. The van der Waals surface area contributed by atoms with Gasteiger partial charge in [0.1, 0.15) is 48.8 Å². The number of aliphatic hydroxyl groups is 8. The molecule has 14 heteroatoms. The first kappa shape index (κ1) is 84.3. The first-order chi connectivity index (χ1) is 44.6. The van der Waals surface area contributed by atoms with E-state index in [0.29, 0.717) is 6.42 Å². The van der Waals surface area contributed by atoms with E-state index in [9.17, 15) is 45.6 Å². The molecule has 12 atom stereocenters. The Hall–Kier alpha value is -2.83. The van der Waals surface area contributed by atoms with E-state index in [1.165, 1.54) is 193 Å². The van der Waals surface area contributed by atoms with Crippen LogP contribution in [-0.4, -0.2) is 140 Å². The van der Waals surface area contributed by atoms with Crippen molar-refractivity contribution in [3.05, 3.63) is 85.1 Å². The highest BCUT2D eigenvalue weighted by atomic mass is 16.7. The number of hydrogen-bond acceptors (Lipinski definition) is 13. The van der Waals surface area contributed by atoms with Crippen LogP contribution in [0.3, 0.4) is 0 Å². The molecule has 0 radical (unpaired) electrons. The molecule has 0 bridgehead atoms. The molecule has 0 aromatic rings. The maximum Gasteiger partial charge on any atom is 0.220 e. The quantitative estimate of drug-likeness (QED) is 0.0204. The van der Waals surface area contributed by atoms with E-state index < -0.39 is 86.8 Å². The molecule has 2 fully saturated rings. The average Bonchev–Trinajstić information content (AvgIpc) is 1.25. The zero-order chi connectivity index (χ0) is 65.9. The van der Waals surface area contributed by atoms with Crippen molar-refractivity contribution in [1.29, 1.82) is 0 Å². The van der Waals surface area contributed by atoms with E-state index in [1.54, 1.807) is 6.08 Å². The van der Waals surface area contributed by atoms with Gasteiger partial charge in [-0.15, -0.1) is 0 Å². The van der Waals surface area contributed by atoms with Crippen LogP contribution in [-0.2, 0) is 23.7 Å². The van der Waals surface area contributed by atoms with Crippen LogP contribution < -0.4 is 5.32 Å². The third kappa shape index (κ3) is 44.5. The maximum atomic E-state index is 13.4. The van der Waals surface area contributed by atoms with Gasteiger partial charge < -0.3 is 65.1 Å². The molecule has 2 saturated heterocycles. The second-order valence-electron chi connectivity index (χ2n) is 26.0. The molecule has 0 aromatic carbocycles. The first-order valence-electron chi connectivity index (χ1n) is 37.3. The molecule has 2 aliphatic heterocycles. The van der Waals surface area contributed by atoms with Crippen molar-refractivity contribution in [2.45, 2.75) is 376 Å². The zero-order valence-electron chi connectivity index (χ0n) is 57.6. The summed E-state index contributed by atoms with van der Waals surface area (Å²) in [6.07, 6.45) is 67.8. The van der Waals surface area contributed by atoms with Gasteiger partial charge in [0.25, 0.3) is 0 Å². The fourth-order valence-electron chi connectivity index (χ4n) is 11.9. The van der Waals surface area contributed by atoms with E-state index >= 15 is 0 Å². The van der Waals surface area contributed by atoms with Gasteiger partial charge in [-0.3, -0.25) is 4.79 Å². The standard InChI is InChI=1S/C77H137NO13/c1-3-5-7-9-11-13-15-17-19-21-23-25-27-29-31-32-33-34-35-37-39-41-43-45-47-49-51-53-55-57-59-61-69(82)78-65(64-88-76-74(87)72(85)75(68(63-80)90-76)91-77-73(86)71(84)70(83)67(62-79)89-77)66(81)60-58-56-54-52-50-48-46-44-42-40-38-36-30-28-26-24-22-20-18-16-14-12-10-8-6-4-2/h5,7,11,13,17,19,23,25,29,31,33-34,58,60,65-68,70-77,79-81,83-87H,3-4,6,8-10,12,14-16,18,20-22,24,26-28,30,32,35-57,59,61-64H2,1-2H3,(H,78,82)/b7-5-,13-11-,19-17-,25-23-,31-29-,34-33-,60-58+. The number of carbonyl (C=O) groups excluding carboxylic acids is 1. The summed E-state index contributed by atoms with van der Waals surface area (Å²) in [7, 11) is 0. The Morgan fingerprint density at radius 2 is 0.758 bits per heavy atom. The van der Waals surface area contributed by atoms with Crippen LogP contribution in [0.15, 0.2) is 85.1 Å². The number of carbonyl (C=O) groups is 1. The number of nitrogens with one attached hydrogen (secondary N) is 1. The topological polar surface area (TPSA) is 228 Å². The number of unbranched alkanes of at least 4 members (excludes halogenated alkanes) is 36. The fraction of sp³-hybridized carbons (Fsp3) is 0.805. The minimum absolute atomic E-state index is 0.241. The lowest BCUT2D eigenvalue weighted by Gasteiger charge is -2.46. The molecule has 1 amide bonds. The van der Waals surface area contributed by atoms with Gasteiger partial charge in [-0.25, -0.2) is 0 Å². The Morgan fingerprint density at radius 3 is 1.16 bits per heavy atom. The second kappa shape index (κ2) is 60.8. The highest BCUT2D eigenvalue weighted by molar-refractivity contribution is 5.76. The van der Waals surface area contributed by atoms with Crippen molar-refractivity contribution in [1.82, 2.24) is 5.32 Å². The monoisotopic (exact) mass is 1280 g/mol. The minimum Gasteiger partial charge on any atom is -0.394 e. The molecule has 2 aliphatic rings. The lowest BCUT2D eigenvalue weighted by atomic mass is 9.97. The molecule has 528 valence electrons. The summed E-state index contributed by atoms with van der Waals surface area (Å²) in [6.45, 7) is 2.72. The van der Waals surface area contributed by atoms with Crippen molar-refractivity contribution >= 4 is 5.91 Å². The predicted octanol–water partition coefficient (Wildman–Crippen LogP) is 16.0. The van der Waals surface area contributed by atoms with Gasteiger partial charge in [-0.1, -0.05) is 311 Å². The highest BCUT2D eigenvalue weighted by Gasteiger charge is 2.51. The van der Waals surface area contributed by atoms with Crippen molar-refractivity contribution in [2.75, 3.05) is 19.8 Å². The number of hydrogen-bond donors (Lipinski definition) is 9. The van der Waals surface area contributed by atoms with Gasteiger partial charge in [0, 0.05) is 6.42 Å². The molecule has 0 aliphatic carbocycles. The number of allylic oxidation sites excluding steroid dienone is 13. The third-order valence-corrected chi connectivity index (χ3v) is 17.8. The van der Waals surface area contributed by atoms with Gasteiger partial charge in [0.15, 0.2) is 12.6 Å². The normalized spacial score (nSPS) is 23.3. The van der Waals surface area contributed by atoms with Crippen LogP contribution in [0, 0.1) is 0 Å². The lowest BCUT2D eigenvalue weighted by Crippen LogP contribution is -2.65.